The SMILES string of the molecule is CCCC1CCCCN1C(=O)N(CC)CC. The number of likely N-dealkylation sites (tertiary alicyclic amines) is 1. The Hall–Kier alpha value is -0.730. The van der Waals surface area contributed by atoms with E-state index in [4.69, 9.17) is 0 Å². The molecule has 0 saturated carbocycles. The summed E-state index contributed by atoms with van der Waals surface area (Å²) >= 11 is 0. The van der Waals surface area contributed by atoms with E-state index in [1.54, 1.807) is 0 Å². The molecule has 94 valence electrons. The van der Waals surface area contributed by atoms with Crippen LogP contribution in [0.25, 0.3) is 0 Å². The van der Waals surface area contributed by atoms with E-state index in [0.29, 0.717) is 6.04 Å². The number of urea groups is 1. The standard InChI is InChI=1S/C13H26N2O/c1-4-9-12-10-7-8-11-15(12)13(16)14(5-2)6-3/h12H,4-11H2,1-3H3. The molecule has 0 aromatic heterocycles. The molecule has 0 bridgehead atoms. The summed E-state index contributed by atoms with van der Waals surface area (Å²) < 4.78 is 0. The monoisotopic (exact) mass is 226 g/mol. The Labute approximate surface area is 99.8 Å². The maximum Gasteiger partial charge on any atom is 0.320 e. The molecule has 1 fully saturated rings. The number of carbonyl (C=O) groups is 1. The average molecular weight is 226 g/mol. The van der Waals surface area contributed by atoms with Crippen LogP contribution in [0.1, 0.15) is 52.9 Å². The highest BCUT2D eigenvalue weighted by molar-refractivity contribution is 5.74. The van der Waals surface area contributed by atoms with Gasteiger partial charge in [0.15, 0.2) is 0 Å². The van der Waals surface area contributed by atoms with E-state index in [0.717, 1.165) is 26.1 Å². The van der Waals surface area contributed by atoms with Gasteiger partial charge in [-0.3, -0.25) is 0 Å². The summed E-state index contributed by atoms with van der Waals surface area (Å²) in [5.74, 6) is 0. The van der Waals surface area contributed by atoms with Gasteiger partial charge in [0.2, 0.25) is 0 Å². The largest absolute Gasteiger partial charge is 0.325 e. The van der Waals surface area contributed by atoms with Gasteiger partial charge in [-0.05, 0) is 39.5 Å². The fraction of sp³-hybridized carbons (Fsp3) is 0.923. The fourth-order valence-corrected chi connectivity index (χ4v) is 2.56. The first kappa shape index (κ1) is 13.3. The lowest BCUT2D eigenvalue weighted by Crippen LogP contribution is -2.50. The predicted octanol–water partition coefficient (Wildman–Crippen LogP) is 3.10. The van der Waals surface area contributed by atoms with Gasteiger partial charge in [-0.1, -0.05) is 13.3 Å². The average Bonchev–Trinajstić information content (AvgIpc) is 2.31. The van der Waals surface area contributed by atoms with E-state index < -0.39 is 0 Å². The van der Waals surface area contributed by atoms with Gasteiger partial charge in [-0.25, -0.2) is 4.79 Å². The van der Waals surface area contributed by atoms with Crippen molar-refractivity contribution in [2.24, 2.45) is 0 Å². The van der Waals surface area contributed by atoms with E-state index in [-0.39, 0.29) is 6.03 Å². The van der Waals surface area contributed by atoms with Gasteiger partial charge in [-0.15, -0.1) is 0 Å². The Morgan fingerprint density at radius 1 is 1.25 bits per heavy atom. The molecule has 3 heteroatoms. The molecule has 0 aromatic rings. The zero-order valence-electron chi connectivity index (χ0n) is 11.0. The molecule has 1 aliphatic rings. The van der Waals surface area contributed by atoms with E-state index in [1.165, 1.54) is 25.7 Å². The first-order valence-electron chi connectivity index (χ1n) is 6.80. The molecule has 1 unspecified atom stereocenters. The van der Waals surface area contributed by atoms with Crippen molar-refractivity contribution in [2.45, 2.75) is 58.9 Å². The highest BCUT2D eigenvalue weighted by Gasteiger charge is 2.28. The molecule has 0 spiro atoms. The number of piperidine rings is 1. The Morgan fingerprint density at radius 3 is 2.50 bits per heavy atom. The fourth-order valence-electron chi connectivity index (χ4n) is 2.56. The maximum absolute atomic E-state index is 12.3. The van der Waals surface area contributed by atoms with Crippen molar-refractivity contribution in [3.8, 4) is 0 Å². The molecule has 16 heavy (non-hydrogen) atoms. The maximum atomic E-state index is 12.3. The molecule has 1 saturated heterocycles. The minimum atomic E-state index is 0.253. The topological polar surface area (TPSA) is 23.6 Å². The lowest BCUT2D eigenvalue weighted by molar-refractivity contribution is 0.114. The second-order valence-corrected chi connectivity index (χ2v) is 4.59. The van der Waals surface area contributed by atoms with E-state index in [1.807, 2.05) is 4.90 Å². The van der Waals surface area contributed by atoms with Gasteiger partial charge < -0.3 is 9.80 Å². The van der Waals surface area contributed by atoms with E-state index in [9.17, 15) is 4.79 Å². The molecule has 1 rings (SSSR count). The van der Waals surface area contributed by atoms with Crippen molar-refractivity contribution in [1.29, 1.82) is 0 Å². The second kappa shape index (κ2) is 6.77. The zero-order valence-corrected chi connectivity index (χ0v) is 11.0. The third-order valence-corrected chi connectivity index (χ3v) is 3.53. The van der Waals surface area contributed by atoms with Crippen molar-refractivity contribution in [3.05, 3.63) is 0 Å². The van der Waals surface area contributed by atoms with Crippen LogP contribution >= 0.6 is 0 Å². The Kier molecular flexibility index (Phi) is 5.64. The minimum absolute atomic E-state index is 0.253. The van der Waals surface area contributed by atoms with E-state index in [2.05, 4.69) is 25.7 Å². The first-order valence-corrected chi connectivity index (χ1v) is 6.80. The van der Waals surface area contributed by atoms with Crippen molar-refractivity contribution in [2.75, 3.05) is 19.6 Å². The smallest absolute Gasteiger partial charge is 0.320 e. The van der Waals surface area contributed by atoms with Crippen molar-refractivity contribution in [3.63, 3.8) is 0 Å². The summed E-state index contributed by atoms with van der Waals surface area (Å²) in [7, 11) is 0. The quantitative estimate of drug-likeness (QED) is 0.722. The van der Waals surface area contributed by atoms with Gasteiger partial charge in [-0.2, -0.15) is 0 Å². The van der Waals surface area contributed by atoms with Crippen LogP contribution in [-0.2, 0) is 0 Å². The van der Waals surface area contributed by atoms with Gasteiger partial charge >= 0.3 is 6.03 Å². The summed E-state index contributed by atoms with van der Waals surface area (Å²) in [6, 6.07) is 0.745. The molecular formula is C13H26N2O. The Morgan fingerprint density at radius 2 is 1.94 bits per heavy atom. The third kappa shape index (κ3) is 3.13. The van der Waals surface area contributed by atoms with Crippen LogP contribution in [0, 0.1) is 0 Å². The van der Waals surface area contributed by atoms with Crippen LogP contribution < -0.4 is 0 Å². The van der Waals surface area contributed by atoms with Crippen LogP contribution in [-0.4, -0.2) is 41.5 Å². The summed E-state index contributed by atoms with van der Waals surface area (Å²) in [4.78, 5) is 16.3. The van der Waals surface area contributed by atoms with Crippen molar-refractivity contribution >= 4 is 6.03 Å². The Balaban J connectivity index is 2.62. The van der Waals surface area contributed by atoms with Gasteiger partial charge in [0.1, 0.15) is 0 Å². The molecule has 0 aromatic carbocycles. The van der Waals surface area contributed by atoms with Crippen LogP contribution in [0.4, 0.5) is 4.79 Å². The van der Waals surface area contributed by atoms with Crippen LogP contribution in [0.5, 0.6) is 0 Å². The minimum Gasteiger partial charge on any atom is -0.325 e. The molecule has 0 radical (unpaired) electrons. The van der Waals surface area contributed by atoms with Crippen LogP contribution in [0.3, 0.4) is 0 Å². The highest BCUT2D eigenvalue weighted by Crippen LogP contribution is 2.22. The van der Waals surface area contributed by atoms with Crippen molar-refractivity contribution < 1.29 is 4.79 Å². The molecular weight excluding hydrogens is 200 g/mol. The lowest BCUT2D eigenvalue weighted by atomic mass is 9.98. The van der Waals surface area contributed by atoms with Gasteiger partial charge in [0.25, 0.3) is 0 Å². The highest BCUT2D eigenvalue weighted by atomic mass is 16.2. The van der Waals surface area contributed by atoms with Crippen molar-refractivity contribution in [1.82, 2.24) is 9.80 Å². The molecule has 1 atom stereocenters. The van der Waals surface area contributed by atoms with Crippen LogP contribution in [0.2, 0.25) is 0 Å². The molecule has 0 N–H and O–H groups in total. The molecule has 1 heterocycles. The number of hydrogen-bond acceptors (Lipinski definition) is 1. The second-order valence-electron chi connectivity index (χ2n) is 4.59. The summed E-state index contributed by atoms with van der Waals surface area (Å²) in [6.45, 7) is 8.92. The summed E-state index contributed by atoms with van der Waals surface area (Å²) in [5.41, 5.74) is 0. The summed E-state index contributed by atoms with van der Waals surface area (Å²) in [6.07, 6.45) is 5.99. The number of carbonyl (C=O) groups excluding carboxylic acids is 1. The number of rotatable bonds is 4. The zero-order chi connectivity index (χ0) is 12.0. The lowest BCUT2D eigenvalue weighted by Gasteiger charge is -2.38. The number of amides is 2. The van der Waals surface area contributed by atoms with E-state index >= 15 is 0 Å². The predicted molar refractivity (Wildman–Crippen MR) is 67.6 cm³/mol. The molecule has 1 aliphatic heterocycles. The molecule has 3 nitrogen and oxygen atoms in total. The first-order chi connectivity index (χ1) is 7.74. The normalized spacial score (nSPS) is 20.9. The number of nitrogens with zero attached hydrogens (tertiary/aromatic N) is 2. The van der Waals surface area contributed by atoms with Gasteiger partial charge in [0, 0.05) is 25.7 Å². The third-order valence-electron chi connectivity index (χ3n) is 3.53. The molecule has 0 aliphatic carbocycles. The molecule has 2 amide bonds. The van der Waals surface area contributed by atoms with Gasteiger partial charge in [0.05, 0.1) is 0 Å². The Bertz CT molecular complexity index is 212. The number of hydrogen-bond donors (Lipinski definition) is 0. The van der Waals surface area contributed by atoms with Crippen LogP contribution in [0.15, 0.2) is 0 Å². The summed E-state index contributed by atoms with van der Waals surface area (Å²) in [5, 5.41) is 0.